The minimum Gasteiger partial charge on any atom is -0.307 e. The lowest BCUT2D eigenvalue weighted by atomic mass is 10.0. The molecule has 0 aliphatic heterocycles. The van der Waals surface area contributed by atoms with E-state index < -0.39 is 0 Å². The van der Waals surface area contributed by atoms with E-state index in [0.29, 0.717) is 0 Å². The third kappa shape index (κ3) is 4.07. The molecule has 0 amide bonds. The van der Waals surface area contributed by atoms with Crippen LogP contribution in [0, 0.1) is 0 Å². The maximum atomic E-state index is 4.71. The third-order valence-electron chi connectivity index (χ3n) is 2.38. The fourth-order valence-electron chi connectivity index (χ4n) is 1.50. The maximum Gasteiger partial charge on any atom is 0.103 e. The van der Waals surface area contributed by atoms with Crippen LogP contribution in [-0.2, 0) is 11.3 Å². The van der Waals surface area contributed by atoms with Gasteiger partial charge < -0.3 is 5.32 Å². The van der Waals surface area contributed by atoms with Gasteiger partial charge in [-0.05, 0) is 32.6 Å². The Balaban J connectivity index is 2.56. The molecule has 2 nitrogen and oxygen atoms in total. The van der Waals surface area contributed by atoms with E-state index in [9.17, 15) is 0 Å². The minimum absolute atomic E-state index is 0.00107. The molecule has 4 heteroatoms. The fraction of sp³-hybridized carbons (Fsp3) is 0.750. The lowest BCUT2D eigenvalue weighted by Crippen LogP contribution is -2.36. The second kappa shape index (κ2) is 6.62. The summed E-state index contributed by atoms with van der Waals surface area (Å²) < 4.78 is 0. The van der Waals surface area contributed by atoms with Gasteiger partial charge in [0.1, 0.15) is 5.01 Å². The first-order valence-electron chi connectivity index (χ1n) is 5.87. The molecule has 0 saturated heterocycles. The molecule has 0 aromatic carbocycles. The first-order chi connectivity index (χ1) is 7.60. The van der Waals surface area contributed by atoms with Gasteiger partial charge in [0.25, 0.3) is 0 Å². The van der Waals surface area contributed by atoms with Crippen LogP contribution in [0.3, 0.4) is 0 Å². The van der Waals surface area contributed by atoms with E-state index in [4.69, 9.17) is 4.98 Å². The number of hydrogen-bond acceptors (Lipinski definition) is 4. The first-order valence-corrected chi connectivity index (χ1v) is 7.91. The van der Waals surface area contributed by atoms with Gasteiger partial charge in [-0.1, -0.05) is 13.8 Å². The zero-order chi connectivity index (χ0) is 12.0. The number of nitrogens with zero attached hydrogens (tertiary/aromatic N) is 1. The van der Waals surface area contributed by atoms with E-state index in [-0.39, 0.29) is 5.54 Å². The Morgan fingerprint density at radius 2 is 2.19 bits per heavy atom. The number of rotatable bonds is 7. The summed E-state index contributed by atoms with van der Waals surface area (Å²) in [7, 11) is 0. The van der Waals surface area contributed by atoms with Crippen molar-refractivity contribution in [1.29, 1.82) is 0 Å². The van der Waals surface area contributed by atoms with Crippen molar-refractivity contribution < 1.29 is 0 Å². The zero-order valence-electron chi connectivity index (χ0n) is 10.7. The molecule has 0 radical (unpaired) electrons. The minimum atomic E-state index is -0.00107. The molecular formula is C12H22N2S2. The Morgan fingerprint density at radius 3 is 2.81 bits per heavy atom. The summed E-state index contributed by atoms with van der Waals surface area (Å²) in [4.78, 5) is 4.71. The molecule has 0 spiro atoms. The highest BCUT2D eigenvalue weighted by atomic mass is 32.2. The zero-order valence-corrected chi connectivity index (χ0v) is 12.3. The van der Waals surface area contributed by atoms with Crippen LogP contribution in [0.4, 0.5) is 0 Å². The molecule has 1 aromatic heterocycles. The Bertz CT molecular complexity index is 308. The van der Waals surface area contributed by atoms with Crippen molar-refractivity contribution >= 4 is 23.1 Å². The fourth-order valence-corrected chi connectivity index (χ4v) is 3.44. The molecular weight excluding hydrogens is 236 g/mol. The van der Waals surface area contributed by atoms with Crippen LogP contribution in [-0.4, -0.2) is 17.3 Å². The van der Waals surface area contributed by atoms with Gasteiger partial charge in [-0.2, -0.15) is 11.8 Å². The van der Waals surface area contributed by atoms with Gasteiger partial charge in [-0.3, -0.25) is 0 Å². The standard InChI is InChI=1S/C12H22N2S2/c1-5-7-15-9-11-14-10(8-16-11)12(3,4)13-6-2/h8,13H,5-7,9H2,1-4H3. The van der Waals surface area contributed by atoms with Crippen LogP contribution in [0.15, 0.2) is 5.38 Å². The van der Waals surface area contributed by atoms with Crippen LogP contribution in [0.2, 0.25) is 0 Å². The highest BCUT2D eigenvalue weighted by molar-refractivity contribution is 7.98. The second-order valence-electron chi connectivity index (χ2n) is 4.33. The van der Waals surface area contributed by atoms with Gasteiger partial charge >= 0.3 is 0 Å². The molecule has 92 valence electrons. The van der Waals surface area contributed by atoms with Crippen molar-refractivity contribution in [3.63, 3.8) is 0 Å². The molecule has 0 saturated carbocycles. The number of aromatic nitrogens is 1. The van der Waals surface area contributed by atoms with Crippen LogP contribution < -0.4 is 5.32 Å². The van der Waals surface area contributed by atoms with Crippen LogP contribution in [0.5, 0.6) is 0 Å². The topological polar surface area (TPSA) is 24.9 Å². The number of thiazole rings is 1. The third-order valence-corrected chi connectivity index (χ3v) is 4.59. The highest BCUT2D eigenvalue weighted by Gasteiger charge is 2.21. The maximum absolute atomic E-state index is 4.71. The van der Waals surface area contributed by atoms with Crippen molar-refractivity contribution in [3.05, 3.63) is 16.1 Å². The van der Waals surface area contributed by atoms with Crippen molar-refractivity contribution in [2.75, 3.05) is 12.3 Å². The normalized spacial score (nSPS) is 12.0. The Morgan fingerprint density at radius 1 is 1.44 bits per heavy atom. The number of hydrogen-bond donors (Lipinski definition) is 1. The number of nitrogens with one attached hydrogen (secondary N) is 1. The molecule has 0 aliphatic carbocycles. The van der Waals surface area contributed by atoms with E-state index in [1.54, 1.807) is 11.3 Å². The number of thioether (sulfide) groups is 1. The summed E-state index contributed by atoms with van der Waals surface area (Å²) in [5, 5.41) is 6.89. The van der Waals surface area contributed by atoms with Gasteiger partial charge in [0.05, 0.1) is 11.2 Å². The Hall–Kier alpha value is -0.0600. The van der Waals surface area contributed by atoms with Gasteiger partial charge in [0.15, 0.2) is 0 Å². The van der Waals surface area contributed by atoms with E-state index in [1.807, 2.05) is 11.8 Å². The molecule has 0 fully saturated rings. The van der Waals surface area contributed by atoms with E-state index in [0.717, 1.165) is 12.3 Å². The Kier molecular flexibility index (Phi) is 5.79. The summed E-state index contributed by atoms with van der Waals surface area (Å²) in [6.07, 6.45) is 1.24. The summed E-state index contributed by atoms with van der Waals surface area (Å²) in [5.41, 5.74) is 1.17. The van der Waals surface area contributed by atoms with Gasteiger partial charge in [-0.15, -0.1) is 11.3 Å². The quantitative estimate of drug-likeness (QED) is 0.756. The van der Waals surface area contributed by atoms with Crippen LogP contribution >= 0.6 is 23.1 Å². The lowest BCUT2D eigenvalue weighted by molar-refractivity contribution is 0.405. The molecule has 0 aliphatic rings. The molecule has 1 N–H and O–H groups in total. The average Bonchev–Trinajstić information content (AvgIpc) is 2.67. The summed E-state index contributed by atoms with van der Waals surface area (Å²) in [5.74, 6) is 2.28. The molecule has 16 heavy (non-hydrogen) atoms. The average molecular weight is 258 g/mol. The van der Waals surface area contributed by atoms with E-state index in [2.05, 4.69) is 38.4 Å². The van der Waals surface area contributed by atoms with E-state index in [1.165, 1.54) is 22.9 Å². The van der Waals surface area contributed by atoms with Crippen LogP contribution in [0.25, 0.3) is 0 Å². The van der Waals surface area contributed by atoms with Crippen molar-refractivity contribution in [1.82, 2.24) is 10.3 Å². The van der Waals surface area contributed by atoms with Gasteiger partial charge in [0.2, 0.25) is 0 Å². The Labute approximate surface area is 107 Å². The molecule has 0 unspecified atom stereocenters. The van der Waals surface area contributed by atoms with Crippen molar-refractivity contribution in [3.8, 4) is 0 Å². The smallest absolute Gasteiger partial charge is 0.103 e. The monoisotopic (exact) mass is 258 g/mol. The largest absolute Gasteiger partial charge is 0.307 e. The summed E-state index contributed by atoms with van der Waals surface area (Å²) in [6.45, 7) is 9.70. The molecule has 1 aromatic rings. The van der Waals surface area contributed by atoms with Crippen LogP contribution in [0.1, 0.15) is 44.8 Å². The predicted octanol–water partition coefficient (Wildman–Crippen LogP) is 3.63. The van der Waals surface area contributed by atoms with Gasteiger partial charge in [0, 0.05) is 11.1 Å². The molecule has 1 rings (SSSR count). The molecule has 1 heterocycles. The lowest BCUT2D eigenvalue weighted by Gasteiger charge is -2.23. The summed E-state index contributed by atoms with van der Waals surface area (Å²) in [6, 6.07) is 0. The van der Waals surface area contributed by atoms with Crippen molar-refractivity contribution in [2.45, 2.75) is 45.4 Å². The van der Waals surface area contributed by atoms with E-state index >= 15 is 0 Å². The first kappa shape index (κ1) is 14.0. The van der Waals surface area contributed by atoms with Gasteiger partial charge in [-0.25, -0.2) is 4.98 Å². The van der Waals surface area contributed by atoms with Crippen molar-refractivity contribution in [2.24, 2.45) is 0 Å². The summed E-state index contributed by atoms with van der Waals surface area (Å²) >= 11 is 3.75. The SMILES string of the molecule is CCCSCc1nc(C(C)(C)NCC)cs1. The highest BCUT2D eigenvalue weighted by Crippen LogP contribution is 2.24. The molecule has 0 atom stereocenters. The predicted molar refractivity (Wildman–Crippen MR) is 75.3 cm³/mol. The molecule has 0 bridgehead atoms. The second-order valence-corrected chi connectivity index (χ2v) is 6.38.